The van der Waals surface area contributed by atoms with E-state index in [1.165, 1.54) is 0 Å². The van der Waals surface area contributed by atoms with Crippen molar-refractivity contribution < 1.29 is 4.79 Å². The van der Waals surface area contributed by atoms with Crippen LogP contribution in [0.2, 0.25) is 0 Å². The number of nitrogens with two attached hydrogens (primary N) is 1. The molecule has 1 unspecified atom stereocenters. The molecule has 1 saturated heterocycles. The number of carbonyl (C=O) groups excluding carboxylic acids is 1. The Labute approximate surface area is 131 Å². The number of likely N-dealkylation sites (N-methyl/N-ethyl adjacent to an activating group) is 1. The highest BCUT2D eigenvalue weighted by Crippen LogP contribution is 2.37. The molecule has 1 aromatic heterocycles. The maximum absolute atomic E-state index is 12.1. The van der Waals surface area contributed by atoms with Crippen molar-refractivity contribution in [1.29, 1.82) is 0 Å². The van der Waals surface area contributed by atoms with Gasteiger partial charge < -0.3 is 16.0 Å². The number of carbonyl (C=O) groups is 1. The maximum atomic E-state index is 12.1. The molecular weight excluding hydrogens is 332 g/mol. The van der Waals surface area contributed by atoms with Crippen LogP contribution in [0.15, 0.2) is 28.9 Å². The van der Waals surface area contributed by atoms with Crippen LogP contribution >= 0.6 is 15.9 Å². The highest BCUT2D eigenvalue weighted by Gasteiger charge is 2.32. The average molecular weight is 349 g/mol. The SMILES string of the molecule is CNC(=O)C1CCCN1c1c(N)cnc2ccc(Br)cc12. The summed E-state index contributed by atoms with van der Waals surface area (Å²) in [5, 5.41) is 3.71. The van der Waals surface area contributed by atoms with Gasteiger partial charge in [-0.2, -0.15) is 0 Å². The zero-order chi connectivity index (χ0) is 15.0. The smallest absolute Gasteiger partial charge is 0.242 e. The monoisotopic (exact) mass is 348 g/mol. The number of hydrogen-bond acceptors (Lipinski definition) is 4. The second-order valence-corrected chi connectivity index (χ2v) is 6.10. The minimum absolute atomic E-state index is 0.0341. The lowest BCUT2D eigenvalue weighted by Crippen LogP contribution is -2.42. The summed E-state index contributed by atoms with van der Waals surface area (Å²) in [7, 11) is 1.67. The standard InChI is InChI=1S/C15H17BrN4O/c1-18-15(21)13-3-2-6-20(13)14-10-7-9(16)4-5-12(10)19-8-11(14)17/h4-5,7-8,13H,2-3,6,17H2,1H3,(H,18,21). The molecule has 0 saturated carbocycles. The van der Waals surface area contributed by atoms with Crippen molar-refractivity contribution in [3.63, 3.8) is 0 Å². The van der Waals surface area contributed by atoms with Gasteiger partial charge in [-0.15, -0.1) is 0 Å². The topological polar surface area (TPSA) is 71.2 Å². The minimum atomic E-state index is -0.165. The fourth-order valence-electron chi connectivity index (χ4n) is 2.96. The molecule has 21 heavy (non-hydrogen) atoms. The number of nitrogens with one attached hydrogen (secondary N) is 1. The van der Waals surface area contributed by atoms with Crippen molar-refractivity contribution >= 4 is 44.1 Å². The molecule has 2 heterocycles. The lowest BCUT2D eigenvalue weighted by Gasteiger charge is -2.27. The van der Waals surface area contributed by atoms with Crippen LogP contribution in [0.1, 0.15) is 12.8 Å². The van der Waals surface area contributed by atoms with Gasteiger partial charge in [0.15, 0.2) is 0 Å². The maximum Gasteiger partial charge on any atom is 0.242 e. The van der Waals surface area contributed by atoms with E-state index in [0.717, 1.165) is 40.4 Å². The van der Waals surface area contributed by atoms with Crippen LogP contribution in [0.25, 0.3) is 10.9 Å². The Morgan fingerprint density at radius 3 is 3.10 bits per heavy atom. The molecule has 1 aliphatic heterocycles. The molecule has 5 nitrogen and oxygen atoms in total. The van der Waals surface area contributed by atoms with Crippen molar-refractivity contribution in [3.8, 4) is 0 Å². The normalized spacial score (nSPS) is 18.2. The number of nitrogen functional groups attached to an aromatic ring is 1. The number of nitrogens with zero attached hydrogens (tertiary/aromatic N) is 2. The Kier molecular flexibility index (Phi) is 3.71. The number of fused-ring (bicyclic) bond motifs is 1. The molecule has 1 atom stereocenters. The van der Waals surface area contributed by atoms with Crippen LogP contribution < -0.4 is 16.0 Å². The van der Waals surface area contributed by atoms with Gasteiger partial charge in [-0.1, -0.05) is 15.9 Å². The van der Waals surface area contributed by atoms with Crippen molar-refractivity contribution in [2.75, 3.05) is 24.2 Å². The molecule has 110 valence electrons. The molecule has 3 rings (SSSR count). The first-order valence-electron chi connectivity index (χ1n) is 6.94. The van der Waals surface area contributed by atoms with E-state index in [-0.39, 0.29) is 11.9 Å². The molecule has 1 aromatic carbocycles. The summed E-state index contributed by atoms with van der Waals surface area (Å²) in [5.41, 5.74) is 8.57. The molecule has 0 radical (unpaired) electrons. The Hall–Kier alpha value is -1.82. The second-order valence-electron chi connectivity index (χ2n) is 5.19. The zero-order valence-electron chi connectivity index (χ0n) is 11.8. The van der Waals surface area contributed by atoms with Crippen LogP contribution in [0.3, 0.4) is 0 Å². The molecule has 6 heteroatoms. The van der Waals surface area contributed by atoms with E-state index in [1.807, 2.05) is 18.2 Å². The molecule has 1 amide bonds. The number of anilines is 2. The number of halogens is 1. The molecule has 0 aliphatic carbocycles. The number of rotatable bonds is 2. The summed E-state index contributed by atoms with van der Waals surface area (Å²) in [6.45, 7) is 0.827. The third-order valence-electron chi connectivity index (χ3n) is 3.92. The van der Waals surface area contributed by atoms with Crippen molar-refractivity contribution in [3.05, 3.63) is 28.9 Å². The van der Waals surface area contributed by atoms with Crippen molar-refractivity contribution in [2.24, 2.45) is 0 Å². The second kappa shape index (κ2) is 5.52. The molecule has 1 fully saturated rings. The number of benzene rings is 1. The fraction of sp³-hybridized carbons (Fsp3) is 0.333. The zero-order valence-corrected chi connectivity index (χ0v) is 13.4. The van der Waals surface area contributed by atoms with Crippen molar-refractivity contribution in [1.82, 2.24) is 10.3 Å². The van der Waals surface area contributed by atoms with E-state index in [2.05, 4.69) is 31.1 Å². The number of aromatic nitrogens is 1. The van der Waals surface area contributed by atoms with Gasteiger partial charge in [0, 0.05) is 23.5 Å². The Morgan fingerprint density at radius 1 is 1.52 bits per heavy atom. The average Bonchev–Trinajstić information content (AvgIpc) is 2.95. The van der Waals surface area contributed by atoms with E-state index >= 15 is 0 Å². The Morgan fingerprint density at radius 2 is 2.33 bits per heavy atom. The third-order valence-corrected chi connectivity index (χ3v) is 4.41. The van der Waals surface area contributed by atoms with Crippen molar-refractivity contribution in [2.45, 2.75) is 18.9 Å². The summed E-state index contributed by atoms with van der Waals surface area (Å²) in [5.74, 6) is 0.0341. The number of hydrogen-bond donors (Lipinski definition) is 2. The van der Waals surface area contributed by atoms with Crippen LogP contribution in [-0.2, 0) is 4.79 Å². The highest BCUT2D eigenvalue weighted by molar-refractivity contribution is 9.10. The minimum Gasteiger partial charge on any atom is -0.396 e. The lowest BCUT2D eigenvalue weighted by atomic mass is 10.1. The lowest BCUT2D eigenvalue weighted by molar-refractivity contribution is -0.121. The predicted molar refractivity (Wildman–Crippen MR) is 88.3 cm³/mol. The van der Waals surface area contributed by atoms with Crippen LogP contribution in [0.5, 0.6) is 0 Å². The first kappa shape index (κ1) is 14.1. The summed E-state index contributed by atoms with van der Waals surface area (Å²) >= 11 is 3.49. The van der Waals surface area contributed by atoms with Gasteiger partial charge in [-0.3, -0.25) is 9.78 Å². The Bertz CT molecular complexity index is 698. The van der Waals surface area contributed by atoms with Crippen LogP contribution in [0, 0.1) is 0 Å². The molecule has 0 spiro atoms. The van der Waals surface area contributed by atoms with Gasteiger partial charge in [0.2, 0.25) is 5.91 Å². The Balaban J connectivity index is 2.16. The number of pyridine rings is 1. The van der Waals surface area contributed by atoms with E-state index in [1.54, 1.807) is 13.2 Å². The van der Waals surface area contributed by atoms with Gasteiger partial charge in [0.1, 0.15) is 6.04 Å². The largest absolute Gasteiger partial charge is 0.396 e. The van der Waals surface area contributed by atoms with E-state index in [0.29, 0.717) is 5.69 Å². The first-order chi connectivity index (χ1) is 10.1. The van der Waals surface area contributed by atoms with Crippen LogP contribution in [0.4, 0.5) is 11.4 Å². The van der Waals surface area contributed by atoms with Gasteiger partial charge >= 0.3 is 0 Å². The van der Waals surface area contributed by atoms with E-state index < -0.39 is 0 Å². The summed E-state index contributed by atoms with van der Waals surface area (Å²) in [6, 6.07) is 5.75. The van der Waals surface area contributed by atoms with Gasteiger partial charge in [-0.05, 0) is 31.0 Å². The predicted octanol–water partition coefficient (Wildman–Crippen LogP) is 2.29. The third kappa shape index (κ3) is 2.44. The quantitative estimate of drug-likeness (QED) is 0.873. The van der Waals surface area contributed by atoms with E-state index in [4.69, 9.17) is 5.73 Å². The summed E-state index contributed by atoms with van der Waals surface area (Å²) in [4.78, 5) is 18.6. The van der Waals surface area contributed by atoms with E-state index in [9.17, 15) is 4.79 Å². The fourth-order valence-corrected chi connectivity index (χ4v) is 3.32. The molecule has 2 aromatic rings. The molecule has 0 bridgehead atoms. The highest BCUT2D eigenvalue weighted by atomic mass is 79.9. The summed E-state index contributed by atoms with van der Waals surface area (Å²) in [6.07, 6.45) is 3.50. The van der Waals surface area contributed by atoms with Gasteiger partial charge in [0.05, 0.1) is 23.1 Å². The van der Waals surface area contributed by atoms with Crippen LogP contribution in [-0.4, -0.2) is 30.5 Å². The number of amides is 1. The summed E-state index contributed by atoms with van der Waals surface area (Å²) < 4.78 is 0.972. The molecule has 3 N–H and O–H groups in total. The molecular formula is C15H17BrN4O. The van der Waals surface area contributed by atoms with Gasteiger partial charge in [0.25, 0.3) is 0 Å². The molecule has 1 aliphatic rings. The van der Waals surface area contributed by atoms with Gasteiger partial charge in [-0.25, -0.2) is 0 Å². The first-order valence-corrected chi connectivity index (χ1v) is 7.73.